The number of hydrogen-bond acceptors (Lipinski definition) is 2. The van der Waals surface area contributed by atoms with Crippen molar-refractivity contribution in [2.75, 3.05) is 13.6 Å². The molecule has 0 aromatic heterocycles. The van der Waals surface area contributed by atoms with Gasteiger partial charge in [-0.05, 0) is 52.5 Å². The van der Waals surface area contributed by atoms with Gasteiger partial charge in [0.15, 0.2) is 0 Å². The summed E-state index contributed by atoms with van der Waals surface area (Å²) in [7, 11) is 2.28. The van der Waals surface area contributed by atoms with Crippen molar-refractivity contribution >= 4 is 0 Å². The van der Waals surface area contributed by atoms with Crippen molar-refractivity contribution in [1.29, 1.82) is 0 Å². The van der Waals surface area contributed by atoms with E-state index < -0.39 is 0 Å². The molecule has 2 rings (SSSR count). The largest absolute Gasteiger partial charge is 0.310 e. The van der Waals surface area contributed by atoms with Gasteiger partial charge in [0.25, 0.3) is 0 Å². The molecule has 0 radical (unpaired) electrons. The van der Waals surface area contributed by atoms with E-state index in [0.717, 1.165) is 18.0 Å². The molecular weight excluding hydrogens is 208 g/mol. The molecule has 1 heterocycles. The van der Waals surface area contributed by atoms with E-state index in [9.17, 15) is 0 Å². The average Bonchev–Trinajstić information content (AvgIpc) is 2.70. The topological polar surface area (TPSA) is 15.3 Å². The first-order chi connectivity index (χ1) is 8.03. The maximum Gasteiger partial charge on any atom is 0.0201 e. The van der Waals surface area contributed by atoms with Crippen LogP contribution >= 0.6 is 0 Å². The molecule has 2 nitrogen and oxygen atoms in total. The van der Waals surface area contributed by atoms with Crippen LogP contribution in [0.25, 0.3) is 0 Å². The molecule has 3 unspecified atom stereocenters. The minimum absolute atomic E-state index is 0.343. The molecule has 1 saturated carbocycles. The Bertz CT molecular complexity index is 235. The predicted octanol–water partition coefficient (Wildman–Crippen LogP) is 3.03. The van der Waals surface area contributed by atoms with Gasteiger partial charge >= 0.3 is 0 Å². The summed E-state index contributed by atoms with van der Waals surface area (Å²) in [6.07, 6.45) is 8.43. The highest BCUT2D eigenvalue weighted by Gasteiger charge is 2.36. The maximum absolute atomic E-state index is 3.88. The van der Waals surface area contributed by atoms with E-state index in [1.54, 1.807) is 0 Å². The summed E-state index contributed by atoms with van der Waals surface area (Å²) in [5.74, 6) is 0.979. The molecule has 0 aromatic carbocycles. The summed E-state index contributed by atoms with van der Waals surface area (Å²) >= 11 is 0. The normalized spacial score (nSPS) is 34.1. The van der Waals surface area contributed by atoms with Crippen LogP contribution in [0.4, 0.5) is 0 Å². The summed E-state index contributed by atoms with van der Waals surface area (Å²) in [6, 6.07) is 1.57. The van der Waals surface area contributed by atoms with Gasteiger partial charge in [0.1, 0.15) is 0 Å². The number of likely N-dealkylation sites (N-methyl/N-ethyl adjacent to an activating group) is 1. The van der Waals surface area contributed by atoms with Crippen molar-refractivity contribution < 1.29 is 0 Å². The molecule has 1 aliphatic carbocycles. The van der Waals surface area contributed by atoms with Crippen LogP contribution in [-0.2, 0) is 0 Å². The fraction of sp³-hybridized carbons (Fsp3) is 1.00. The summed E-state index contributed by atoms with van der Waals surface area (Å²) in [5, 5.41) is 3.88. The Morgan fingerprint density at radius 2 is 1.94 bits per heavy atom. The highest BCUT2D eigenvalue weighted by Crippen LogP contribution is 2.33. The van der Waals surface area contributed by atoms with Crippen LogP contribution in [0, 0.1) is 5.92 Å². The van der Waals surface area contributed by atoms with Crippen molar-refractivity contribution in [3.05, 3.63) is 0 Å². The van der Waals surface area contributed by atoms with Gasteiger partial charge in [-0.25, -0.2) is 0 Å². The molecule has 1 N–H and O–H groups in total. The first-order valence-electron chi connectivity index (χ1n) is 7.50. The predicted molar refractivity (Wildman–Crippen MR) is 74.3 cm³/mol. The Morgan fingerprint density at radius 3 is 2.59 bits per heavy atom. The lowest BCUT2D eigenvalue weighted by Crippen LogP contribution is -2.47. The highest BCUT2D eigenvalue weighted by atomic mass is 15.2. The van der Waals surface area contributed by atoms with Crippen LogP contribution < -0.4 is 5.32 Å². The number of fused-ring (bicyclic) bond motifs is 1. The van der Waals surface area contributed by atoms with Crippen LogP contribution in [0.2, 0.25) is 0 Å². The van der Waals surface area contributed by atoms with Gasteiger partial charge in [-0.1, -0.05) is 19.8 Å². The summed E-state index contributed by atoms with van der Waals surface area (Å²) in [6.45, 7) is 8.22. The molecule has 0 aromatic rings. The molecule has 1 aliphatic heterocycles. The van der Waals surface area contributed by atoms with Crippen molar-refractivity contribution in [3.63, 3.8) is 0 Å². The van der Waals surface area contributed by atoms with Crippen LogP contribution in [0.3, 0.4) is 0 Å². The van der Waals surface area contributed by atoms with Crippen molar-refractivity contribution in [1.82, 2.24) is 10.2 Å². The smallest absolute Gasteiger partial charge is 0.0201 e. The van der Waals surface area contributed by atoms with E-state index in [2.05, 4.69) is 38.0 Å². The van der Waals surface area contributed by atoms with Gasteiger partial charge in [0.2, 0.25) is 0 Å². The molecular formula is C15H30N2. The second-order valence-electron chi connectivity index (χ2n) is 6.80. The summed E-state index contributed by atoms with van der Waals surface area (Å²) < 4.78 is 0. The summed E-state index contributed by atoms with van der Waals surface area (Å²) in [4.78, 5) is 2.54. The van der Waals surface area contributed by atoms with Crippen LogP contribution in [0.15, 0.2) is 0 Å². The van der Waals surface area contributed by atoms with E-state index in [4.69, 9.17) is 0 Å². The third-order valence-electron chi connectivity index (χ3n) is 5.34. The Kier molecular flexibility index (Phi) is 4.14. The Morgan fingerprint density at radius 1 is 1.24 bits per heavy atom. The lowest BCUT2D eigenvalue weighted by Gasteiger charge is -2.36. The van der Waals surface area contributed by atoms with E-state index in [1.165, 1.54) is 45.1 Å². The minimum atomic E-state index is 0.343. The molecule has 17 heavy (non-hydrogen) atoms. The third kappa shape index (κ3) is 3.03. The fourth-order valence-electron chi connectivity index (χ4n) is 3.42. The van der Waals surface area contributed by atoms with Crippen molar-refractivity contribution in [2.24, 2.45) is 5.92 Å². The van der Waals surface area contributed by atoms with Gasteiger partial charge in [-0.2, -0.15) is 0 Å². The van der Waals surface area contributed by atoms with Crippen LogP contribution in [-0.4, -0.2) is 36.1 Å². The maximum atomic E-state index is 3.88. The molecule has 0 bridgehead atoms. The molecule has 0 spiro atoms. The molecule has 2 fully saturated rings. The molecule has 2 heteroatoms. The third-order valence-corrected chi connectivity index (χ3v) is 5.34. The first kappa shape index (κ1) is 13.4. The van der Waals surface area contributed by atoms with Crippen molar-refractivity contribution in [3.8, 4) is 0 Å². The standard InChI is InChI=1S/C15H30N2/c1-5-15(2,3)17(4)11-13-10-12-8-6-7-9-14(12)16-13/h12-14,16H,5-11H2,1-4H3. The number of rotatable bonds is 4. The van der Waals surface area contributed by atoms with E-state index >= 15 is 0 Å². The molecule has 0 amide bonds. The monoisotopic (exact) mass is 238 g/mol. The van der Waals surface area contributed by atoms with Crippen molar-refractivity contribution in [2.45, 2.75) is 76.9 Å². The molecule has 1 saturated heterocycles. The van der Waals surface area contributed by atoms with Crippen LogP contribution in [0.1, 0.15) is 59.3 Å². The Labute approximate surface area is 107 Å². The lowest BCUT2D eigenvalue weighted by atomic mass is 9.85. The van der Waals surface area contributed by atoms with Gasteiger partial charge in [-0.3, -0.25) is 4.90 Å². The van der Waals surface area contributed by atoms with E-state index in [1.807, 2.05) is 0 Å². The number of hydrogen-bond donors (Lipinski definition) is 1. The van der Waals surface area contributed by atoms with Gasteiger partial charge in [0.05, 0.1) is 0 Å². The molecule has 3 atom stereocenters. The molecule has 100 valence electrons. The second kappa shape index (κ2) is 5.27. The number of nitrogens with zero attached hydrogens (tertiary/aromatic N) is 1. The highest BCUT2D eigenvalue weighted by molar-refractivity contribution is 4.95. The Hall–Kier alpha value is -0.0800. The van der Waals surface area contributed by atoms with Crippen LogP contribution in [0.5, 0.6) is 0 Å². The zero-order chi connectivity index (χ0) is 12.5. The van der Waals surface area contributed by atoms with Gasteiger partial charge in [-0.15, -0.1) is 0 Å². The SMILES string of the molecule is CCC(C)(C)N(C)CC1CC2CCCCC2N1. The zero-order valence-corrected chi connectivity index (χ0v) is 12.1. The number of nitrogens with one attached hydrogen (secondary N) is 1. The van der Waals surface area contributed by atoms with E-state index in [0.29, 0.717) is 5.54 Å². The average molecular weight is 238 g/mol. The quantitative estimate of drug-likeness (QED) is 0.810. The molecule has 2 aliphatic rings. The van der Waals surface area contributed by atoms with Gasteiger partial charge < -0.3 is 5.32 Å². The Balaban J connectivity index is 1.84. The van der Waals surface area contributed by atoms with E-state index in [-0.39, 0.29) is 0 Å². The fourth-order valence-corrected chi connectivity index (χ4v) is 3.42. The first-order valence-corrected chi connectivity index (χ1v) is 7.50. The zero-order valence-electron chi connectivity index (χ0n) is 12.1. The van der Waals surface area contributed by atoms with Gasteiger partial charge in [0, 0.05) is 24.2 Å². The summed E-state index contributed by atoms with van der Waals surface area (Å²) in [5.41, 5.74) is 0.343. The second-order valence-corrected chi connectivity index (χ2v) is 6.80. The lowest BCUT2D eigenvalue weighted by molar-refractivity contribution is 0.137. The minimum Gasteiger partial charge on any atom is -0.310 e.